The minimum absolute atomic E-state index is 0.212. The average molecular weight is 408 g/mol. The molecule has 2 amide bonds. The van der Waals surface area contributed by atoms with Crippen LogP contribution in [0.1, 0.15) is 58.4 Å². The second kappa shape index (κ2) is 8.98. The van der Waals surface area contributed by atoms with Crippen molar-refractivity contribution in [2.24, 2.45) is 0 Å². The van der Waals surface area contributed by atoms with E-state index >= 15 is 0 Å². The number of phenols is 1. The van der Waals surface area contributed by atoms with E-state index in [-0.39, 0.29) is 23.7 Å². The number of hydrogen-bond acceptors (Lipinski definition) is 5. The van der Waals surface area contributed by atoms with Crippen molar-refractivity contribution in [1.29, 1.82) is 0 Å². The molecule has 0 atom stereocenters. The Morgan fingerprint density at radius 2 is 1.60 bits per heavy atom. The molecule has 2 aliphatic rings. The molecule has 4 rings (SSSR count). The summed E-state index contributed by atoms with van der Waals surface area (Å²) in [5, 5.41) is 19.7. The summed E-state index contributed by atoms with van der Waals surface area (Å²) in [5.74, 6) is -0.176. The van der Waals surface area contributed by atoms with Crippen LogP contribution >= 0.6 is 0 Å². The van der Waals surface area contributed by atoms with Gasteiger partial charge in [-0.2, -0.15) is 0 Å². The summed E-state index contributed by atoms with van der Waals surface area (Å²) in [7, 11) is 0. The maximum atomic E-state index is 12.6. The number of aromatic hydroxyl groups is 1. The molecule has 0 spiro atoms. The van der Waals surface area contributed by atoms with E-state index in [0.717, 1.165) is 37.8 Å². The Morgan fingerprint density at radius 3 is 2.23 bits per heavy atom. The molecule has 158 valence electrons. The molecule has 1 heterocycles. The van der Waals surface area contributed by atoms with Gasteiger partial charge in [-0.3, -0.25) is 19.4 Å². The zero-order valence-corrected chi connectivity index (χ0v) is 17.0. The van der Waals surface area contributed by atoms with Gasteiger partial charge in [0.2, 0.25) is 0 Å². The van der Waals surface area contributed by atoms with Crippen molar-refractivity contribution in [3.8, 4) is 5.75 Å². The van der Waals surface area contributed by atoms with Gasteiger partial charge in [0.15, 0.2) is 0 Å². The molecule has 30 heavy (non-hydrogen) atoms. The van der Waals surface area contributed by atoms with E-state index in [4.69, 9.17) is 0 Å². The van der Waals surface area contributed by atoms with Gasteiger partial charge in [-0.15, -0.1) is 0 Å². The van der Waals surface area contributed by atoms with E-state index in [1.165, 1.54) is 4.90 Å². The lowest BCUT2D eigenvalue weighted by Crippen LogP contribution is -2.40. The Labute approximate surface area is 176 Å². The average Bonchev–Trinajstić information content (AvgIpc) is 2.99. The predicted molar refractivity (Wildman–Crippen MR) is 113 cm³/mol. The largest absolute Gasteiger partial charge is 0.508 e. The lowest BCUT2D eigenvalue weighted by Gasteiger charge is -2.36. The van der Waals surface area contributed by atoms with Crippen LogP contribution in [-0.4, -0.2) is 57.1 Å². The maximum absolute atomic E-state index is 12.6. The van der Waals surface area contributed by atoms with Crippen molar-refractivity contribution < 1.29 is 19.8 Å². The minimum Gasteiger partial charge on any atom is -0.508 e. The van der Waals surface area contributed by atoms with Crippen LogP contribution in [-0.2, 0) is 6.54 Å². The first-order chi connectivity index (χ1) is 14.5. The Morgan fingerprint density at radius 1 is 0.933 bits per heavy atom. The minimum atomic E-state index is -0.220. The van der Waals surface area contributed by atoms with Gasteiger partial charge in [-0.05, 0) is 61.9 Å². The Balaban J connectivity index is 1.41. The van der Waals surface area contributed by atoms with Gasteiger partial charge in [0.25, 0.3) is 11.8 Å². The fraction of sp³-hybridized carbons (Fsp3) is 0.417. The second-order valence-corrected chi connectivity index (χ2v) is 8.26. The molecule has 2 aromatic carbocycles. The number of phenolic OH excluding ortho intramolecular Hbond substituents is 1. The first-order valence-corrected chi connectivity index (χ1v) is 10.7. The van der Waals surface area contributed by atoms with Gasteiger partial charge >= 0.3 is 0 Å². The van der Waals surface area contributed by atoms with Gasteiger partial charge in [0.05, 0.1) is 17.2 Å². The maximum Gasteiger partial charge on any atom is 0.261 e. The van der Waals surface area contributed by atoms with Crippen LogP contribution in [0.5, 0.6) is 5.75 Å². The summed E-state index contributed by atoms with van der Waals surface area (Å²) in [5.41, 5.74) is 2.00. The molecule has 1 aliphatic carbocycles. The normalized spacial score (nSPS) is 21.3. The van der Waals surface area contributed by atoms with E-state index in [1.807, 2.05) is 12.1 Å². The highest BCUT2D eigenvalue weighted by atomic mass is 16.3. The Hall–Kier alpha value is -2.70. The molecule has 1 fully saturated rings. The zero-order chi connectivity index (χ0) is 21.1. The number of carbonyl (C=O) groups excluding carboxylic acids is 2. The molecule has 1 saturated carbocycles. The number of nitrogens with zero attached hydrogens (tertiary/aromatic N) is 2. The predicted octanol–water partition coefficient (Wildman–Crippen LogP) is 3.18. The summed E-state index contributed by atoms with van der Waals surface area (Å²) in [6.07, 6.45) is 3.89. The zero-order valence-electron chi connectivity index (χ0n) is 17.0. The molecule has 0 bridgehead atoms. The van der Waals surface area contributed by atoms with Crippen molar-refractivity contribution in [2.75, 3.05) is 13.1 Å². The highest BCUT2D eigenvalue weighted by Gasteiger charge is 2.34. The quantitative estimate of drug-likeness (QED) is 0.688. The third kappa shape index (κ3) is 4.40. The Kier molecular flexibility index (Phi) is 6.16. The van der Waals surface area contributed by atoms with Crippen LogP contribution in [0, 0.1) is 0 Å². The number of benzene rings is 2. The SMILES string of the molecule is O=C1c2ccccc2C(=O)N1CCCN(Cc1cccc(O)c1)C1CCC(O)CC1. The van der Waals surface area contributed by atoms with Crippen LogP contribution in [0.4, 0.5) is 0 Å². The van der Waals surface area contributed by atoms with Crippen LogP contribution in [0.2, 0.25) is 0 Å². The topological polar surface area (TPSA) is 81.1 Å². The molecule has 6 nitrogen and oxygen atoms in total. The highest BCUT2D eigenvalue weighted by molar-refractivity contribution is 6.21. The summed E-state index contributed by atoms with van der Waals surface area (Å²) in [6.45, 7) is 1.82. The molecule has 0 aromatic heterocycles. The number of carbonyl (C=O) groups is 2. The molecule has 1 aliphatic heterocycles. The molecule has 0 unspecified atom stereocenters. The molecular formula is C24H28N2O4. The van der Waals surface area contributed by atoms with Crippen molar-refractivity contribution in [3.05, 3.63) is 65.2 Å². The van der Waals surface area contributed by atoms with E-state index in [9.17, 15) is 19.8 Å². The van der Waals surface area contributed by atoms with E-state index in [0.29, 0.717) is 36.7 Å². The van der Waals surface area contributed by atoms with Crippen molar-refractivity contribution in [1.82, 2.24) is 9.80 Å². The molecule has 6 heteroatoms. The number of imide groups is 1. The van der Waals surface area contributed by atoms with E-state index in [2.05, 4.69) is 4.90 Å². The fourth-order valence-electron chi connectivity index (χ4n) is 4.58. The number of hydrogen-bond donors (Lipinski definition) is 2. The van der Waals surface area contributed by atoms with Gasteiger partial charge in [-0.25, -0.2) is 0 Å². The number of rotatable bonds is 7. The van der Waals surface area contributed by atoms with Crippen molar-refractivity contribution >= 4 is 11.8 Å². The van der Waals surface area contributed by atoms with Gasteiger partial charge in [0, 0.05) is 25.7 Å². The van der Waals surface area contributed by atoms with Crippen molar-refractivity contribution in [3.63, 3.8) is 0 Å². The fourth-order valence-corrected chi connectivity index (χ4v) is 4.58. The summed E-state index contributed by atoms with van der Waals surface area (Å²) in [6, 6.07) is 14.6. The molecule has 0 radical (unpaired) electrons. The second-order valence-electron chi connectivity index (χ2n) is 8.26. The first kappa shape index (κ1) is 20.6. The Bertz CT molecular complexity index is 886. The smallest absolute Gasteiger partial charge is 0.261 e. The van der Waals surface area contributed by atoms with Crippen LogP contribution in [0.25, 0.3) is 0 Å². The van der Waals surface area contributed by atoms with E-state index < -0.39 is 0 Å². The lowest BCUT2D eigenvalue weighted by molar-refractivity contribution is 0.0593. The highest BCUT2D eigenvalue weighted by Crippen LogP contribution is 2.26. The van der Waals surface area contributed by atoms with Crippen LogP contribution < -0.4 is 0 Å². The molecule has 2 N–H and O–H groups in total. The van der Waals surface area contributed by atoms with Crippen LogP contribution in [0.15, 0.2) is 48.5 Å². The molecule has 2 aromatic rings. The van der Waals surface area contributed by atoms with Gasteiger partial charge < -0.3 is 10.2 Å². The summed E-state index contributed by atoms with van der Waals surface area (Å²) >= 11 is 0. The van der Waals surface area contributed by atoms with Crippen LogP contribution in [0.3, 0.4) is 0 Å². The molecular weight excluding hydrogens is 380 g/mol. The number of aliphatic hydroxyl groups excluding tert-OH is 1. The van der Waals surface area contributed by atoms with Gasteiger partial charge in [-0.1, -0.05) is 24.3 Å². The van der Waals surface area contributed by atoms with Gasteiger partial charge in [0.1, 0.15) is 5.75 Å². The van der Waals surface area contributed by atoms with E-state index in [1.54, 1.807) is 36.4 Å². The number of aliphatic hydroxyl groups is 1. The monoisotopic (exact) mass is 408 g/mol. The van der Waals surface area contributed by atoms with Crippen molar-refractivity contribution in [2.45, 2.75) is 50.8 Å². The standard InChI is InChI=1S/C24H28N2O4/c27-19-11-9-18(10-12-19)25(16-17-5-3-6-20(28)15-17)13-4-14-26-23(29)21-7-1-2-8-22(21)24(26)30/h1-3,5-8,15,18-19,27-28H,4,9-14,16H2. The number of fused-ring (bicyclic) bond motifs is 1. The lowest BCUT2D eigenvalue weighted by atomic mass is 9.91. The third-order valence-corrected chi connectivity index (χ3v) is 6.18. The summed E-state index contributed by atoms with van der Waals surface area (Å²) < 4.78 is 0. The summed E-state index contributed by atoms with van der Waals surface area (Å²) in [4.78, 5) is 28.9. The molecule has 0 saturated heterocycles. The number of amides is 2. The third-order valence-electron chi connectivity index (χ3n) is 6.18. The first-order valence-electron chi connectivity index (χ1n) is 10.7.